The summed E-state index contributed by atoms with van der Waals surface area (Å²) in [6.07, 6.45) is 2.28. The number of aliphatic hydroxyl groups is 2. The second-order valence-corrected chi connectivity index (χ2v) is 3.56. The summed E-state index contributed by atoms with van der Waals surface area (Å²) >= 11 is 0. The highest BCUT2D eigenvalue weighted by Crippen LogP contribution is 2.23. The molecule has 6 heteroatoms. The van der Waals surface area contributed by atoms with Crippen LogP contribution >= 0.6 is 0 Å². The van der Waals surface area contributed by atoms with Crippen LogP contribution in [0, 0.1) is 0 Å². The summed E-state index contributed by atoms with van der Waals surface area (Å²) < 4.78 is 0. The molecule has 0 saturated heterocycles. The third-order valence-electron chi connectivity index (χ3n) is 2.55. The molecule has 0 aromatic carbocycles. The van der Waals surface area contributed by atoms with Crippen molar-refractivity contribution in [1.82, 2.24) is 9.97 Å². The second-order valence-electron chi connectivity index (χ2n) is 3.56. The van der Waals surface area contributed by atoms with Gasteiger partial charge in [-0.25, -0.2) is 9.97 Å². The van der Waals surface area contributed by atoms with Gasteiger partial charge in [-0.05, 0) is 6.42 Å². The molecule has 1 rings (SSSR count). The van der Waals surface area contributed by atoms with Gasteiger partial charge in [-0.3, -0.25) is 0 Å². The number of rotatable bonds is 7. The van der Waals surface area contributed by atoms with Crippen molar-refractivity contribution in [2.45, 2.75) is 13.3 Å². The number of hydrogen-bond donors (Lipinski definition) is 3. The van der Waals surface area contributed by atoms with Crippen LogP contribution in [0.3, 0.4) is 0 Å². The number of aliphatic hydroxyl groups excluding tert-OH is 2. The van der Waals surface area contributed by atoms with E-state index in [9.17, 15) is 0 Å². The minimum Gasteiger partial charge on any atom is -0.395 e. The predicted octanol–water partition coefficient (Wildman–Crippen LogP) is -0.128. The maximum Gasteiger partial charge on any atom is 0.137 e. The largest absolute Gasteiger partial charge is 0.395 e. The maximum atomic E-state index is 9.03. The lowest BCUT2D eigenvalue weighted by Gasteiger charge is -2.24. The van der Waals surface area contributed by atoms with Gasteiger partial charge >= 0.3 is 0 Å². The van der Waals surface area contributed by atoms with Gasteiger partial charge in [0.15, 0.2) is 0 Å². The summed E-state index contributed by atoms with van der Waals surface area (Å²) in [6.45, 7) is 2.99. The van der Waals surface area contributed by atoms with Crippen molar-refractivity contribution in [3.05, 3.63) is 11.9 Å². The Morgan fingerprint density at radius 1 is 1.24 bits per heavy atom. The monoisotopic (exact) mass is 240 g/mol. The van der Waals surface area contributed by atoms with E-state index in [1.54, 1.807) is 0 Å². The van der Waals surface area contributed by atoms with Gasteiger partial charge < -0.3 is 20.4 Å². The van der Waals surface area contributed by atoms with Crippen molar-refractivity contribution in [2.75, 3.05) is 43.6 Å². The molecule has 0 aliphatic carbocycles. The molecular formula is C11H20N4O2. The fourth-order valence-electron chi connectivity index (χ4n) is 1.78. The zero-order valence-electron chi connectivity index (χ0n) is 10.3. The van der Waals surface area contributed by atoms with Gasteiger partial charge in [0.2, 0.25) is 0 Å². The van der Waals surface area contributed by atoms with Crippen LogP contribution < -0.4 is 10.2 Å². The van der Waals surface area contributed by atoms with Crippen LogP contribution in [0.1, 0.15) is 12.5 Å². The molecule has 0 radical (unpaired) electrons. The fraction of sp³-hybridized carbons (Fsp3) is 0.636. The van der Waals surface area contributed by atoms with Crippen LogP contribution in [0.25, 0.3) is 0 Å². The van der Waals surface area contributed by atoms with Gasteiger partial charge in [-0.1, -0.05) is 6.92 Å². The van der Waals surface area contributed by atoms with Gasteiger partial charge in [0.25, 0.3) is 0 Å². The van der Waals surface area contributed by atoms with Crippen LogP contribution in [0.2, 0.25) is 0 Å². The summed E-state index contributed by atoms with van der Waals surface area (Å²) in [5.41, 5.74) is 0.997. The highest BCUT2D eigenvalue weighted by Gasteiger charge is 2.14. The Labute approximate surface area is 101 Å². The summed E-state index contributed by atoms with van der Waals surface area (Å²) in [7, 11) is 1.81. The van der Waals surface area contributed by atoms with Gasteiger partial charge in [-0.15, -0.1) is 0 Å². The van der Waals surface area contributed by atoms with E-state index in [0.29, 0.717) is 13.1 Å². The molecule has 17 heavy (non-hydrogen) atoms. The molecule has 6 nitrogen and oxygen atoms in total. The normalized spacial score (nSPS) is 10.4. The number of hydrogen-bond acceptors (Lipinski definition) is 6. The van der Waals surface area contributed by atoms with Gasteiger partial charge in [0.1, 0.15) is 18.0 Å². The molecule has 0 aliphatic heterocycles. The SMILES string of the molecule is CCc1c(NC)ncnc1N(CCO)CCO. The zero-order chi connectivity index (χ0) is 12.7. The molecular weight excluding hydrogens is 220 g/mol. The van der Waals surface area contributed by atoms with Crippen molar-refractivity contribution < 1.29 is 10.2 Å². The number of aromatic nitrogens is 2. The van der Waals surface area contributed by atoms with E-state index in [1.807, 2.05) is 18.9 Å². The molecule has 0 amide bonds. The summed E-state index contributed by atoms with van der Waals surface area (Å²) in [5.74, 6) is 1.56. The van der Waals surface area contributed by atoms with E-state index in [-0.39, 0.29) is 13.2 Å². The molecule has 1 aromatic rings. The van der Waals surface area contributed by atoms with Crippen molar-refractivity contribution in [2.24, 2.45) is 0 Å². The van der Waals surface area contributed by atoms with E-state index in [0.717, 1.165) is 23.6 Å². The molecule has 0 aliphatic rings. The standard InChI is InChI=1S/C11H20N4O2/c1-3-9-10(12-2)13-8-14-11(9)15(4-6-16)5-7-17/h8,16-17H,3-7H2,1-2H3,(H,12,13,14). The van der Waals surface area contributed by atoms with Crippen molar-refractivity contribution in [1.29, 1.82) is 0 Å². The maximum absolute atomic E-state index is 9.03. The van der Waals surface area contributed by atoms with E-state index < -0.39 is 0 Å². The van der Waals surface area contributed by atoms with Gasteiger partial charge in [0, 0.05) is 25.7 Å². The van der Waals surface area contributed by atoms with Crippen molar-refractivity contribution in [3.8, 4) is 0 Å². The molecule has 0 spiro atoms. The Kier molecular flexibility index (Phi) is 5.65. The van der Waals surface area contributed by atoms with E-state index in [1.165, 1.54) is 6.33 Å². The quantitative estimate of drug-likeness (QED) is 0.616. The van der Waals surface area contributed by atoms with Crippen LogP contribution in [0.15, 0.2) is 6.33 Å². The first-order valence-corrected chi connectivity index (χ1v) is 5.76. The zero-order valence-corrected chi connectivity index (χ0v) is 10.3. The molecule has 0 fully saturated rings. The Hall–Kier alpha value is -1.40. The van der Waals surface area contributed by atoms with Gasteiger partial charge in [-0.2, -0.15) is 0 Å². The Bertz CT molecular complexity index is 340. The van der Waals surface area contributed by atoms with Crippen LogP contribution in [0.5, 0.6) is 0 Å². The summed E-state index contributed by atoms with van der Waals surface area (Å²) in [4.78, 5) is 10.3. The molecule has 1 aromatic heterocycles. The minimum absolute atomic E-state index is 0.0298. The van der Waals surface area contributed by atoms with Gasteiger partial charge in [0.05, 0.1) is 13.2 Å². The summed E-state index contributed by atoms with van der Waals surface area (Å²) in [5, 5.41) is 21.1. The van der Waals surface area contributed by atoms with Crippen LogP contribution in [0.4, 0.5) is 11.6 Å². The number of nitrogens with one attached hydrogen (secondary N) is 1. The predicted molar refractivity (Wildman–Crippen MR) is 67.3 cm³/mol. The Morgan fingerprint density at radius 3 is 2.35 bits per heavy atom. The Balaban J connectivity index is 3.07. The first kappa shape index (κ1) is 13.7. The molecule has 96 valence electrons. The molecule has 0 unspecified atom stereocenters. The van der Waals surface area contributed by atoms with E-state index in [2.05, 4.69) is 15.3 Å². The third kappa shape index (κ3) is 3.28. The average molecular weight is 240 g/mol. The molecule has 0 atom stereocenters. The highest BCUT2D eigenvalue weighted by molar-refractivity contribution is 5.58. The minimum atomic E-state index is 0.0298. The molecule has 3 N–H and O–H groups in total. The molecule has 0 saturated carbocycles. The third-order valence-corrected chi connectivity index (χ3v) is 2.55. The summed E-state index contributed by atoms with van der Waals surface area (Å²) in [6, 6.07) is 0. The second kappa shape index (κ2) is 7.03. The molecule has 0 bridgehead atoms. The molecule has 1 heterocycles. The lowest BCUT2D eigenvalue weighted by molar-refractivity contribution is 0.280. The fourth-order valence-corrected chi connectivity index (χ4v) is 1.78. The van der Waals surface area contributed by atoms with Crippen molar-refractivity contribution in [3.63, 3.8) is 0 Å². The Morgan fingerprint density at radius 2 is 1.88 bits per heavy atom. The smallest absolute Gasteiger partial charge is 0.137 e. The lowest BCUT2D eigenvalue weighted by atomic mass is 10.2. The average Bonchev–Trinajstić information content (AvgIpc) is 2.37. The first-order valence-electron chi connectivity index (χ1n) is 5.76. The van der Waals surface area contributed by atoms with Crippen molar-refractivity contribution >= 4 is 11.6 Å². The number of nitrogens with zero attached hydrogens (tertiary/aromatic N) is 3. The first-order chi connectivity index (χ1) is 8.28. The van der Waals surface area contributed by atoms with E-state index in [4.69, 9.17) is 10.2 Å². The van der Waals surface area contributed by atoms with E-state index >= 15 is 0 Å². The lowest BCUT2D eigenvalue weighted by Crippen LogP contribution is -2.31. The van der Waals surface area contributed by atoms with Crippen LogP contribution in [-0.4, -0.2) is 53.5 Å². The topological polar surface area (TPSA) is 81.5 Å². The van der Waals surface area contributed by atoms with Crippen LogP contribution in [-0.2, 0) is 6.42 Å². The number of anilines is 2. The highest BCUT2D eigenvalue weighted by atomic mass is 16.3.